The molecule has 0 fully saturated rings. The van der Waals surface area contributed by atoms with E-state index in [4.69, 9.17) is 5.11 Å². The minimum Gasteiger partial charge on any atom is -0.465 e. The predicted octanol–water partition coefficient (Wildman–Crippen LogP) is 4.28. The van der Waals surface area contributed by atoms with E-state index in [0.29, 0.717) is 17.5 Å². The van der Waals surface area contributed by atoms with Crippen molar-refractivity contribution < 1.29 is 18.7 Å². The Bertz CT molecular complexity index is 731. The van der Waals surface area contributed by atoms with Crippen LogP contribution in [0.3, 0.4) is 0 Å². The molecule has 3 nitrogen and oxygen atoms in total. The average Bonchev–Trinajstić information content (AvgIpc) is 2.47. The van der Waals surface area contributed by atoms with Crippen molar-refractivity contribution in [3.05, 3.63) is 59.2 Å². The summed E-state index contributed by atoms with van der Waals surface area (Å²) >= 11 is 0. The molecule has 1 aliphatic rings. The zero-order chi connectivity index (χ0) is 15.7. The van der Waals surface area contributed by atoms with Gasteiger partial charge in [0.2, 0.25) is 0 Å². The van der Waals surface area contributed by atoms with Crippen LogP contribution in [-0.4, -0.2) is 11.2 Å². The monoisotopic (exact) mass is 303 g/mol. The third-order valence-electron chi connectivity index (χ3n) is 4.00. The van der Waals surface area contributed by atoms with E-state index in [1.165, 1.54) is 12.1 Å². The number of carboxylic acid groups (broad SMARTS) is 1. The number of fused-ring (bicyclic) bond motifs is 1. The summed E-state index contributed by atoms with van der Waals surface area (Å²) in [5, 5.41) is 11.4. The number of nitrogens with one attached hydrogen (secondary N) is 1. The van der Waals surface area contributed by atoms with E-state index < -0.39 is 17.7 Å². The number of halogens is 2. The molecule has 0 aliphatic heterocycles. The number of rotatable bonds is 2. The summed E-state index contributed by atoms with van der Waals surface area (Å²) in [4.78, 5) is 10.9. The SMILES string of the molecule is O=C(O)NC1CCCc2ccc(-c3ccc(F)cc3F)cc21. The first-order chi connectivity index (χ1) is 10.5. The topological polar surface area (TPSA) is 49.3 Å². The lowest BCUT2D eigenvalue weighted by Gasteiger charge is -2.26. The molecule has 0 bridgehead atoms. The van der Waals surface area contributed by atoms with Gasteiger partial charge in [0.25, 0.3) is 0 Å². The zero-order valence-corrected chi connectivity index (χ0v) is 11.8. The quantitative estimate of drug-likeness (QED) is 0.870. The Morgan fingerprint density at radius 2 is 2.00 bits per heavy atom. The van der Waals surface area contributed by atoms with Crippen molar-refractivity contribution in [3.63, 3.8) is 0 Å². The van der Waals surface area contributed by atoms with Gasteiger partial charge in [-0.05, 0) is 54.2 Å². The third-order valence-corrected chi connectivity index (χ3v) is 4.00. The fourth-order valence-corrected chi connectivity index (χ4v) is 2.99. The molecule has 1 aliphatic carbocycles. The second kappa shape index (κ2) is 5.75. The highest BCUT2D eigenvalue weighted by atomic mass is 19.1. The van der Waals surface area contributed by atoms with Gasteiger partial charge in [-0.1, -0.05) is 12.1 Å². The number of aryl methyl sites for hydroxylation is 1. The van der Waals surface area contributed by atoms with Gasteiger partial charge < -0.3 is 10.4 Å². The summed E-state index contributed by atoms with van der Waals surface area (Å²) in [6.07, 6.45) is 1.42. The van der Waals surface area contributed by atoms with Gasteiger partial charge in [0.1, 0.15) is 11.6 Å². The summed E-state index contributed by atoms with van der Waals surface area (Å²) in [6.45, 7) is 0. The molecule has 0 saturated carbocycles. The van der Waals surface area contributed by atoms with Gasteiger partial charge in [0.05, 0.1) is 6.04 Å². The first-order valence-corrected chi connectivity index (χ1v) is 7.12. The van der Waals surface area contributed by atoms with E-state index in [1.807, 2.05) is 6.07 Å². The van der Waals surface area contributed by atoms with Crippen molar-refractivity contribution in [2.75, 3.05) is 0 Å². The lowest BCUT2D eigenvalue weighted by atomic mass is 9.85. The lowest BCUT2D eigenvalue weighted by molar-refractivity contribution is 0.188. The number of hydrogen-bond acceptors (Lipinski definition) is 1. The highest BCUT2D eigenvalue weighted by Crippen LogP contribution is 2.34. The minimum atomic E-state index is -1.07. The first-order valence-electron chi connectivity index (χ1n) is 7.12. The highest BCUT2D eigenvalue weighted by Gasteiger charge is 2.22. The molecule has 0 spiro atoms. The number of amides is 1. The Balaban J connectivity index is 2.03. The summed E-state index contributed by atoms with van der Waals surface area (Å²) < 4.78 is 27.0. The third kappa shape index (κ3) is 2.79. The fourth-order valence-electron chi connectivity index (χ4n) is 2.99. The van der Waals surface area contributed by atoms with Crippen LogP contribution in [0.5, 0.6) is 0 Å². The molecule has 2 aromatic rings. The summed E-state index contributed by atoms with van der Waals surface area (Å²) in [5.74, 6) is -1.25. The average molecular weight is 303 g/mol. The Labute approximate surface area is 126 Å². The zero-order valence-electron chi connectivity index (χ0n) is 11.8. The van der Waals surface area contributed by atoms with Gasteiger partial charge in [-0.3, -0.25) is 0 Å². The fraction of sp³-hybridized carbons (Fsp3) is 0.235. The smallest absolute Gasteiger partial charge is 0.405 e. The van der Waals surface area contributed by atoms with Crippen LogP contribution in [0.2, 0.25) is 0 Å². The van der Waals surface area contributed by atoms with Crippen molar-refractivity contribution in [2.45, 2.75) is 25.3 Å². The van der Waals surface area contributed by atoms with Gasteiger partial charge in [-0.25, -0.2) is 13.6 Å². The van der Waals surface area contributed by atoms with E-state index in [1.54, 1.807) is 12.1 Å². The van der Waals surface area contributed by atoms with E-state index >= 15 is 0 Å². The maximum absolute atomic E-state index is 13.9. The molecule has 22 heavy (non-hydrogen) atoms. The molecule has 0 heterocycles. The largest absolute Gasteiger partial charge is 0.465 e. The molecule has 0 saturated heterocycles. The maximum Gasteiger partial charge on any atom is 0.405 e. The van der Waals surface area contributed by atoms with Gasteiger partial charge in [-0.2, -0.15) is 0 Å². The van der Waals surface area contributed by atoms with E-state index in [9.17, 15) is 13.6 Å². The second-order valence-corrected chi connectivity index (χ2v) is 5.43. The van der Waals surface area contributed by atoms with Gasteiger partial charge in [-0.15, -0.1) is 0 Å². The lowest BCUT2D eigenvalue weighted by Crippen LogP contribution is -2.29. The number of benzene rings is 2. The molecule has 1 amide bonds. The van der Waals surface area contributed by atoms with Crippen LogP contribution in [0.4, 0.5) is 13.6 Å². The summed E-state index contributed by atoms with van der Waals surface area (Å²) in [6, 6.07) is 8.65. The van der Waals surface area contributed by atoms with Crippen LogP contribution in [0.1, 0.15) is 30.0 Å². The maximum atomic E-state index is 13.9. The predicted molar refractivity (Wildman–Crippen MR) is 78.6 cm³/mol. The highest BCUT2D eigenvalue weighted by molar-refractivity contribution is 5.68. The molecule has 3 rings (SSSR count). The molecular formula is C17H15F2NO2. The molecule has 0 aromatic heterocycles. The molecule has 1 unspecified atom stereocenters. The van der Waals surface area contributed by atoms with Crippen LogP contribution >= 0.6 is 0 Å². The van der Waals surface area contributed by atoms with Crippen molar-refractivity contribution in [2.24, 2.45) is 0 Å². The molecule has 0 radical (unpaired) electrons. The molecule has 2 N–H and O–H groups in total. The summed E-state index contributed by atoms with van der Waals surface area (Å²) in [7, 11) is 0. The van der Waals surface area contributed by atoms with E-state index in [0.717, 1.165) is 30.0 Å². The van der Waals surface area contributed by atoms with Crippen LogP contribution < -0.4 is 5.32 Å². The number of carbonyl (C=O) groups is 1. The molecule has 2 aromatic carbocycles. The first kappa shape index (κ1) is 14.5. The van der Waals surface area contributed by atoms with Crippen molar-refractivity contribution >= 4 is 6.09 Å². The Morgan fingerprint density at radius 3 is 2.73 bits per heavy atom. The molecule has 5 heteroatoms. The van der Waals surface area contributed by atoms with Crippen molar-refractivity contribution in [1.29, 1.82) is 0 Å². The second-order valence-electron chi connectivity index (χ2n) is 5.43. The molecule has 114 valence electrons. The Kier molecular flexibility index (Phi) is 3.79. The van der Waals surface area contributed by atoms with Gasteiger partial charge >= 0.3 is 6.09 Å². The summed E-state index contributed by atoms with van der Waals surface area (Å²) in [5.41, 5.74) is 2.87. The molecule has 1 atom stereocenters. The minimum absolute atomic E-state index is 0.287. The van der Waals surface area contributed by atoms with Crippen LogP contribution in [-0.2, 0) is 6.42 Å². The van der Waals surface area contributed by atoms with E-state index in [-0.39, 0.29) is 6.04 Å². The van der Waals surface area contributed by atoms with Crippen LogP contribution in [0.25, 0.3) is 11.1 Å². The molecular weight excluding hydrogens is 288 g/mol. The van der Waals surface area contributed by atoms with E-state index in [2.05, 4.69) is 5.32 Å². The van der Waals surface area contributed by atoms with Crippen LogP contribution in [0.15, 0.2) is 36.4 Å². The van der Waals surface area contributed by atoms with Crippen molar-refractivity contribution in [3.8, 4) is 11.1 Å². The van der Waals surface area contributed by atoms with Crippen molar-refractivity contribution in [1.82, 2.24) is 5.32 Å². The van der Waals surface area contributed by atoms with Gasteiger partial charge in [0.15, 0.2) is 0 Å². The normalized spacial score (nSPS) is 16.9. The van der Waals surface area contributed by atoms with Gasteiger partial charge in [0, 0.05) is 11.6 Å². The number of hydrogen-bond donors (Lipinski definition) is 2. The van der Waals surface area contributed by atoms with Crippen LogP contribution in [0, 0.1) is 11.6 Å². The Morgan fingerprint density at radius 1 is 1.18 bits per heavy atom. The Hall–Kier alpha value is -2.43. The standard InChI is InChI=1S/C17H15F2NO2/c18-12-6-7-13(15(19)9-12)11-5-4-10-2-1-3-16(14(10)8-11)20-17(21)22/h4-9,16,20H,1-3H2,(H,21,22).